The van der Waals surface area contributed by atoms with Gasteiger partial charge in [0.15, 0.2) is 0 Å². The molecule has 2 fully saturated rings. The maximum absolute atomic E-state index is 3.83. The second-order valence-electron chi connectivity index (χ2n) is 8.83. The summed E-state index contributed by atoms with van der Waals surface area (Å²) < 4.78 is 0. The monoisotopic (exact) mass is 265 g/mol. The Morgan fingerprint density at radius 2 is 1.95 bits per heavy atom. The van der Waals surface area contributed by atoms with Crippen molar-refractivity contribution >= 4 is 0 Å². The normalized spacial score (nSPS) is 34.4. The van der Waals surface area contributed by atoms with E-state index in [1.165, 1.54) is 51.5 Å². The van der Waals surface area contributed by atoms with Gasteiger partial charge in [-0.2, -0.15) is 0 Å². The molecule has 0 saturated heterocycles. The molecular weight excluding hydrogens is 230 g/mol. The lowest BCUT2D eigenvalue weighted by molar-refractivity contribution is 0.125. The van der Waals surface area contributed by atoms with Crippen LogP contribution in [0.15, 0.2) is 0 Å². The highest BCUT2D eigenvalue weighted by atomic mass is 15.0. The first kappa shape index (κ1) is 15.4. The molecule has 2 saturated carbocycles. The molecule has 0 aromatic carbocycles. The average Bonchev–Trinajstić information content (AvgIpc) is 2.85. The summed E-state index contributed by atoms with van der Waals surface area (Å²) in [7, 11) is 0. The van der Waals surface area contributed by atoms with Crippen molar-refractivity contribution in [2.75, 3.05) is 6.54 Å². The summed E-state index contributed by atoms with van der Waals surface area (Å²) in [6, 6.07) is 0. The molecule has 1 heteroatoms. The molecule has 19 heavy (non-hydrogen) atoms. The minimum atomic E-state index is 0.271. The number of nitrogens with one attached hydrogen (secondary N) is 1. The first-order chi connectivity index (χ1) is 8.81. The van der Waals surface area contributed by atoms with Crippen LogP contribution < -0.4 is 5.32 Å². The zero-order valence-electron chi connectivity index (χ0n) is 13.9. The Morgan fingerprint density at radius 1 is 1.21 bits per heavy atom. The number of fused-ring (bicyclic) bond motifs is 2. The smallest absolute Gasteiger partial charge is 0.00967 e. The highest BCUT2D eigenvalue weighted by Gasteiger charge is 2.50. The van der Waals surface area contributed by atoms with E-state index < -0.39 is 0 Å². The molecule has 2 bridgehead atoms. The molecule has 2 aliphatic carbocycles. The number of rotatable bonds is 6. The predicted molar refractivity (Wildman–Crippen MR) is 84.3 cm³/mol. The fourth-order valence-electron chi connectivity index (χ4n) is 4.47. The van der Waals surface area contributed by atoms with E-state index in [1.54, 1.807) is 0 Å². The summed E-state index contributed by atoms with van der Waals surface area (Å²) in [5.74, 6) is 2.96. The Kier molecular flexibility index (Phi) is 4.65. The molecule has 0 amide bonds. The van der Waals surface area contributed by atoms with Crippen LogP contribution in [0.2, 0.25) is 0 Å². The molecule has 0 heterocycles. The first-order valence-corrected chi connectivity index (χ1v) is 8.56. The lowest BCUT2D eigenvalue weighted by Crippen LogP contribution is -2.46. The van der Waals surface area contributed by atoms with Crippen molar-refractivity contribution in [1.29, 1.82) is 0 Å². The van der Waals surface area contributed by atoms with Gasteiger partial charge in [-0.1, -0.05) is 33.1 Å². The van der Waals surface area contributed by atoms with Gasteiger partial charge in [0, 0.05) is 12.1 Å². The van der Waals surface area contributed by atoms with Crippen LogP contribution in [0, 0.1) is 23.2 Å². The molecule has 3 unspecified atom stereocenters. The summed E-state index contributed by atoms with van der Waals surface area (Å²) in [5, 5.41) is 3.83. The third-order valence-electron chi connectivity index (χ3n) is 5.53. The fourth-order valence-corrected chi connectivity index (χ4v) is 4.47. The van der Waals surface area contributed by atoms with E-state index in [0.29, 0.717) is 5.41 Å². The van der Waals surface area contributed by atoms with Crippen LogP contribution in [-0.4, -0.2) is 12.1 Å². The van der Waals surface area contributed by atoms with Crippen molar-refractivity contribution < 1.29 is 0 Å². The zero-order chi connectivity index (χ0) is 14.1. The predicted octanol–water partition coefficient (Wildman–Crippen LogP) is 5.01. The highest BCUT2D eigenvalue weighted by molar-refractivity contribution is 5.02. The summed E-state index contributed by atoms with van der Waals surface area (Å²) in [6.45, 7) is 12.9. The summed E-state index contributed by atoms with van der Waals surface area (Å²) in [6.07, 6.45) is 10.4. The Bertz CT molecular complexity index is 289. The molecule has 0 aliphatic heterocycles. The number of hydrogen-bond donors (Lipinski definition) is 1. The van der Waals surface area contributed by atoms with Gasteiger partial charge in [0.1, 0.15) is 0 Å². The maximum atomic E-state index is 3.83. The van der Waals surface area contributed by atoms with E-state index >= 15 is 0 Å². The molecule has 0 aromatic rings. The van der Waals surface area contributed by atoms with Gasteiger partial charge >= 0.3 is 0 Å². The number of hydrogen-bond acceptors (Lipinski definition) is 1. The van der Waals surface area contributed by atoms with Gasteiger partial charge in [0.2, 0.25) is 0 Å². The van der Waals surface area contributed by atoms with E-state index in [9.17, 15) is 0 Å². The van der Waals surface area contributed by atoms with Crippen LogP contribution in [0.25, 0.3) is 0 Å². The van der Waals surface area contributed by atoms with Crippen molar-refractivity contribution in [3.63, 3.8) is 0 Å². The van der Waals surface area contributed by atoms with Crippen molar-refractivity contribution in [2.24, 2.45) is 23.2 Å². The Hall–Kier alpha value is -0.0400. The second-order valence-corrected chi connectivity index (χ2v) is 8.83. The van der Waals surface area contributed by atoms with E-state index in [2.05, 4.69) is 39.9 Å². The fraction of sp³-hybridized carbons (Fsp3) is 1.00. The maximum Gasteiger partial charge on any atom is 0.00967 e. The van der Waals surface area contributed by atoms with Gasteiger partial charge < -0.3 is 5.32 Å². The van der Waals surface area contributed by atoms with Crippen molar-refractivity contribution in [2.45, 2.75) is 85.1 Å². The van der Waals surface area contributed by atoms with Crippen LogP contribution in [0.3, 0.4) is 0 Å². The molecule has 2 rings (SSSR count). The molecule has 0 radical (unpaired) electrons. The van der Waals surface area contributed by atoms with Gasteiger partial charge in [-0.15, -0.1) is 0 Å². The van der Waals surface area contributed by atoms with E-state index in [4.69, 9.17) is 0 Å². The SMILES string of the molecule is CC(C)CCCC1(CNC(C)(C)C)CC2CCC1C2. The summed E-state index contributed by atoms with van der Waals surface area (Å²) in [5.41, 5.74) is 0.915. The van der Waals surface area contributed by atoms with Gasteiger partial charge in [0.05, 0.1) is 0 Å². The Morgan fingerprint density at radius 3 is 2.42 bits per heavy atom. The second kappa shape index (κ2) is 5.76. The van der Waals surface area contributed by atoms with Gasteiger partial charge in [-0.25, -0.2) is 0 Å². The molecule has 0 spiro atoms. The van der Waals surface area contributed by atoms with Crippen molar-refractivity contribution in [1.82, 2.24) is 5.32 Å². The van der Waals surface area contributed by atoms with Crippen LogP contribution >= 0.6 is 0 Å². The van der Waals surface area contributed by atoms with Crippen molar-refractivity contribution in [3.8, 4) is 0 Å². The van der Waals surface area contributed by atoms with Crippen LogP contribution in [0.5, 0.6) is 0 Å². The first-order valence-electron chi connectivity index (χ1n) is 8.56. The van der Waals surface area contributed by atoms with Gasteiger partial charge in [-0.3, -0.25) is 0 Å². The largest absolute Gasteiger partial charge is 0.312 e. The van der Waals surface area contributed by atoms with Gasteiger partial charge in [-0.05, 0) is 69.6 Å². The Balaban J connectivity index is 1.94. The summed E-state index contributed by atoms with van der Waals surface area (Å²) >= 11 is 0. The third-order valence-corrected chi connectivity index (χ3v) is 5.53. The van der Waals surface area contributed by atoms with E-state index in [0.717, 1.165) is 17.8 Å². The Labute approximate surface area is 120 Å². The topological polar surface area (TPSA) is 12.0 Å². The minimum Gasteiger partial charge on any atom is -0.312 e. The molecule has 0 aromatic heterocycles. The zero-order valence-corrected chi connectivity index (χ0v) is 13.9. The van der Waals surface area contributed by atoms with E-state index in [1.807, 2.05) is 0 Å². The molecule has 3 atom stereocenters. The van der Waals surface area contributed by atoms with Crippen LogP contribution in [0.1, 0.15) is 79.6 Å². The lowest BCUT2D eigenvalue weighted by atomic mass is 9.69. The lowest BCUT2D eigenvalue weighted by Gasteiger charge is -2.40. The quantitative estimate of drug-likeness (QED) is 0.712. The molecular formula is C18H35N. The van der Waals surface area contributed by atoms with Crippen LogP contribution in [-0.2, 0) is 0 Å². The highest BCUT2D eigenvalue weighted by Crippen LogP contribution is 2.58. The van der Waals surface area contributed by atoms with Crippen molar-refractivity contribution in [3.05, 3.63) is 0 Å². The van der Waals surface area contributed by atoms with Crippen LogP contribution in [0.4, 0.5) is 0 Å². The summed E-state index contributed by atoms with van der Waals surface area (Å²) in [4.78, 5) is 0. The van der Waals surface area contributed by atoms with Gasteiger partial charge in [0.25, 0.3) is 0 Å². The molecule has 1 N–H and O–H groups in total. The average molecular weight is 265 g/mol. The third kappa shape index (κ3) is 3.97. The molecule has 2 aliphatic rings. The molecule has 1 nitrogen and oxygen atoms in total. The minimum absolute atomic E-state index is 0.271. The van der Waals surface area contributed by atoms with E-state index in [-0.39, 0.29) is 5.54 Å². The molecule has 112 valence electrons. The standard InChI is InChI=1S/C18H35N/c1-14(2)7-6-10-18(13-19-17(3,4)5)12-15-8-9-16(18)11-15/h14-16,19H,6-13H2,1-5H3.